The monoisotopic (exact) mass is 237 g/mol. The Labute approximate surface area is 101 Å². The third-order valence-corrected chi connectivity index (χ3v) is 2.59. The zero-order chi connectivity index (χ0) is 12.7. The zero-order valence-electron chi connectivity index (χ0n) is 9.66. The van der Waals surface area contributed by atoms with Crippen molar-refractivity contribution in [3.8, 4) is 0 Å². The van der Waals surface area contributed by atoms with Crippen LogP contribution in [0.15, 0.2) is 43.0 Å². The molecule has 3 atom stereocenters. The fraction of sp³-hybridized carbons (Fsp3) is 0.385. The first-order chi connectivity index (χ1) is 8.19. The van der Waals surface area contributed by atoms with E-state index in [0.717, 1.165) is 5.56 Å². The van der Waals surface area contributed by atoms with Crippen molar-refractivity contribution in [3.63, 3.8) is 0 Å². The third kappa shape index (κ3) is 4.28. The van der Waals surface area contributed by atoms with Crippen molar-refractivity contribution in [2.75, 3.05) is 6.61 Å². The number of rotatable bonds is 7. The van der Waals surface area contributed by atoms with Gasteiger partial charge in [-0.05, 0) is 5.56 Å². The molecule has 1 aromatic carbocycles. The molecule has 17 heavy (non-hydrogen) atoms. The van der Waals surface area contributed by atoms with Crippen LogP contribution >= 0.6 is 0 Å². The Morgan fingerprint density at radius 3 is 2.41 bits per heavy atom. The molecule has 0 saturated carbocycles. The lowest BCUT2D eigenvalue weighted by atomic mass is 10.1. The Morgan fingerprint density at radius 2 is 1.88 bits per heavy atom. The molecule has 0 spiro atoms. The molecule has 4 N–H and O–H groups in total. The maximum absolute atomic E-state index is 9.71. The van der Waals surface area contributed by atoms with Gasteiger partial charge in [0.1, 0.15) is 12.2 Å². The van der Waals surface area contributed by atoms with Crippen LogP contribution in [-0.4, -0.2) is 40.2 Å². The first-order valence-electron chi connectivity index (χ1n) is 5.56. The third-order valence-electron chi connectivity index (χ3n) is 2.59. The molecule has 0 aliphatic carbocycles. The molecule has 4 heteroatoms. The number of benzene rings is 1. The van der Waals surface area contributed by atoms with Gasteiger partial charge in [-0.15, -0.1) is 6.58 Å². The van der Waals surface area contributed by atoms with E-state index in [1.165, 1.54) is 6.08 Å². The first kappa shape index (κ1) is 13.9. The van der Waals surface area contributed by atoms with Crippen molar-refractivity contribution in [1.29, 1.82) is 0 Å². The average Bonchev–Trinajstić information content (AvgIpc) is 2.39. The van der Waals surface area contributed by atoms with Crippen LogP contribution in [0.4, 0.5) is 0 Å². The van der Waals surface area contributed by atoms with Crippen molar-refractivity contribution in [2.45, 2.75) is 24.8 Å². The van der Waals surface area contributed by atoms with Gasteiger partial charge >= 0.3 is 0 Å². The van der Waals surface area contributed by atoms with Gasteiger partial charge in [0, 0.05) is 6.54 Å². The molecule has 0 bridgehead atoms. The van der Waals surface area contributed by atoms with E-state index in [1.54, 1.807) is 0 Å². The number of aliphatic hydroxyl groups excluding tert-OH is 3. The molecule has 0 aromatic heterocycles. The smallest absolute Gasteiger partial charge is 0.105 e. The molecule has 0 fully saturated rings. The highest BCUT2D eigenvalue weighted by atomic mass is 16.4. The van der Waals surface area contributed by atoms with Crippen molar-refractivity contribution in [3.05, 3.63) is 48.6 Å². The summed E-state index contributed by atoms with van der Waals surface area (Å²) in [6.07, 6.45) is -0.713. The predicted octanol–water partition coefficient (Wildman–Crippen LogP) is 0.0449. The summed E-state index contributed by atoms with van der Waals surface area (Å²) in [6, 6.07) is 9.25. The van der Waals surface area contributed by atoms with Crippen LogP contribution in [0.5, 0.6) is 0 Å². The first-order valence-corrected chi connectivity index (χ1v) is 5.56. The van der Waals surface area contributed by atoms with Crippen molar-refractivity contribution in [1.82, 2.24) is 5.32 Å². The second-order valence-electron chi connectivity index (χ2n) is 3.87. The van der Waals surface area contributed by atoms with Gasteiger partial charge in [0.25, 0.3) is 0 Å². The van der Waals surface area contributed by atoms with Gasteiger partial charge in [-0.2, -0.15) is 0 Å². The van der Waals surface area contributed by atoms with Gasteiger partial charge in [0.15, 0.2) is 0 Å². The number of nitrogens with one attached hydrogen (secondary N) is 1. The van der Waals surface area contributed by atoms with E-state index in [2.05, 4.69) is 11.9 Å². The summed E-state index contributed by atoms with van der Waals surface area (Å²) < 4.78 is 0. The summed E-state index contributed by atoms with van der Waals surface area (Å²) >= 11 is 0. The Hall–Kier alpha value is -1.20. The lowest BCUT2D eigenvalue weighted by molar-refractivity contribution is -0.0245. The van der Waals surface area contributed by atoms with Crippen molar-refractivity contribution >= 4 is 0 Å². The minimum absolute atomic E-state index is 0.461. The van der Waals surface area contributed by atoms with Crippen molar-refractivity contribution < 1.29 is 15.3 Å². The molecular weight excluding hydrogens is 218 g/mol. The van der Waals surface area contributed by atoms with Crippen LogP contribution in [0, 0.1) is 0 Å². The van der Waals surface area contributed by atoms with Gasteiger partial charge in [-0.1, -0.05) is 36.4 Å². The quantitative estimate of drug-likeness (QED) is 0.505. The molecule has 94 valence electrons. The summed E-state index contributed by atoms with van der Waals surface area (Å²) in [5.74, 6) is 0. The van der Waals surface area contributed by atoms with E-state index in [1.807, 2.05) is 30.3 Å². The standard InChI is InChI=1S/C13H19NO3/c1-2-11(13(17)12(16)9-15)14-8-10-6-4-3-5-7-10/h2-7,11-17H,1,8-9H2/t11-,12+,13+/m1/s1. The Balaban J connectivity index is 2.50. The fourth-order valence-corrected chi connectivity index (χ4v) is 1.52. The molecule has 1 aromatic rings. The predicted molar refractivity (Wildman–Crippen MR) is 66.4 cm³/mol. The van der Waals surface area contributed by atoms with Crippen LogP contribution in [-0.2, 0) is 6.54 Å². The highest BCUT2D eigenvalue weighted by molar-refractivity contribution is 5.14. The fourth-order valence-electron chi connectivity index (χ4n) is 1.52. The summed E-state index contributed by atoms with van der Waals surface area (Å²) in [4.78, 5) is 0. The average molecular weight is 237 g/mol. The molecule has 4 nitrogen and oxygen atoms in total. The van der Waals surface area contributed by atoms with Crippen LogP contribution in [0.2, 0.25) is 0 Å². The molecule has 0 radical (unpaired) electrons. The summed E-state index contributed by atoms with van der Waals surface area (Å²) in [5.41, 5.74) is 1.07. The SMILES string of the molecule is C=C[C@@H](NCc1ccccc1)[C@H](O)[C@@H](O)CO. The molecule has 1 rings (SSSR count). The molecule has 0 unspecified atom stereocenters. The van der Waals surface area contributed by atoms with Gasteiger partial charge in [0.2, 0.25) is 0 Å². The van der Waals surface area contributed by atoms with Crippen molar-refractivity contribution in [2.24, 2.45) is 0 Å². The van der Waals surface area contributed by atoms with Gasteiger partial charge in [-0.3, -0.25) is 0 Å². The van der Waals surface area contributed by atoms with E-state index in [0.29, 0.717) is 6.54 Å². The van der Waals surface area contributed by atoms with E-state index in [4.69, 9.17) is 5.11 Å². The number of aliphatic hydroxyl groups is 3. The zero-order valence-corrected chi connectivity index (χ0v) is 9.66. The lowest BCUT2D eigenvalue weighted by Crippen LogP contribution is -2.46. The maximum atomic E-state index is 9.71. The summed E-state index contributed by atoms with van der Waals surface area (Å²) in [7, 11) is 0. The lowest BCUT2D eigenvalue weighted by Gasteiger charge is -2.24. The van der Waals surface area contributed by atoms with E-state index < -0.39 is 24.9 Å². The minimum Gasteiger partial charge on any atom is -0.394 e. The summed E-state index contributed by atoms with van der Waals surface area (Å²) in [5, 5.41) is 30.9. The molecule has 0 amide bonds. The summed E-state index contributed by atoms with van der Waals surface area (Å²) in [6.45, 7) is 3.68. The Bertz CT molecular complexity index is 329. The Morgan fingerprint density at radius 1 is 1.24 bits per heavy atom. The molecular formula is C13H19NO3. The van der Waals surface area contributed by atoms with E-state index in [9.17, 15) is 10.2 Å². The minimum atomic E-state index is -1.17. The van der Waals surface area contributed by atoms with Gasteiger partial charge < -0.3 is 20.6 Å². The van der Waals surface area contributed by atoms with Gasteiger partial charge in [0.05, 0.1) is 12.6 Å². The topological polar surface area (TPSA) is 72.7 Å². The van der Waals surface area contributed by atoms with Crippen LogP contribution in [0.3, 0.4) is 0 Å². The highest BCUT2D eigenvalue weighted by Gasteiger charge is 2.22. The second-order valence-corrected chi connectivity index (χ2v) is 3.87. The second kappa shape index (κ2) is 7.19. The number of hydrogen-bond donors (Lipinski definition) is 4. The highest BCUT2D eigenvalue weighted by Crippen LogP contribution is 2.04. The van der Waals surface area contributed by atoms with Gasteiger partial charge in [-0.25, -0.2) is 0 Å². The number of hydrogen-bond acceptors (Lipinski definition) is 4. The maximum Gasteiger partial charge on any atom is 0.105 e. The molecule has 0 aliphatic heterocycles. The Kier molecular flexibility index (Phi) is 5.86. The largest absolute Gasteiger partial charge is 0.394 e. The van der Waals surface area contributed by atoms with E-state index >= 15 is 0 Å². The molecule has 0 saturated heterocycles. The molecule has 0 heterocycles. The van der Waals surface area contributed by atoms with E-state index in [-0.39, 0.29) is 0 Å². The molecule has 0 aliphatic rings. The normalized spacial score (nSPS) is 16.2. The van der Waals surface area contributed by atoms with Crippen LogP contribution < -0.4 is 5.32 Å². The van der Waals surface area contributed by atoms with Crippen LogP contribution in [0.1, 0.15) is 5.56 Å². The van der Waals surface area contributed by atoms with Crippen LogP contribution in [0.25, 0.3) is 0 Å².